The van der Waals surface area contributed by atoms with Gasteiger partial charge in [-0.25, -0.2) is 0 Å². The maximum absolute atomic E-state index is 13.1. The van der Waals surface area contributed by atoms with Crippen molar-refractivity contribution in [1.29, 1.82) is 0 Å². The van der Waals surface area contributed by atoms with E-state index in [1.165, 1.54) is 0 Å². The minimum Gasteiger partial charge on any atom is -0.497 e. The van der Waals surface area contributed by atoms with Crippen LogP contribution in [-0.2, 0) is 6.54 Å². The third-order valence-corrected chi connectivity index (χ3v) is 6.35. The molecule has 166 valence electrons. The third kappa shape index (κ3) is 5.29. The molecule has 1 aliphatic rings. The summed E-state index contributed by atoms with van der Waals surface area (Å²) >= 11 is 6.34. The van der Waals surface area contributed by atoms with E-state index >= 15 is 0 Å². The number of hydrogen-bond donors (Lipinski definition) is 1. The molecule has 0 aliphatic carbocycles. The minimum absolute atomic E-state index is 0.129. The molecule has 0 unspecified atom stereocenters. The molecule has 3 aromatic rings. The number of nitrogens with one attached hydrogen (secondary N) is 1. The third-order valence-electron chi connectivity index (χ3n) is 5.98. The van der Waals surface area contributed by atoms with E-state index in [0.29, 0.717) is 5.56 Å². The van der Waals surface area contributed by atoms with Gasteiger partial charge in [0.1, 0.15) is 5.75 Å². The Kier molecular flexibility index (Phi) is 7.08. The largest absolute Gasteiger partial charge is 0.497 e. The number of aryl methyl sites for hydroxylation is 1. The smallest absolute Gasteiger partial charge is 0.257 e. The SMILES string of the molecule is COc1ccc(NC(=O)c2ccc(C)nc2C2CCN(Cc3ccccc3Cl)CC2)cc1. The van der Waals surface area contributed by atoms with E-state index < -0.39 is 0 Å². The Morgan fingerprint density at radius 3 is 2.50 bits per heavy atom. The molecule has 1 aliphatic heterocycles. The molecule has 1 N–H and O–H groups in total. The Morgan fingerprint density at radius 1 is 1.09 bits per heavy atom. The van der Waals surface area contributed by atoms with E-state index in [1.807, 2.05) is 61.5 Å². The maximum atomic E-state index is 13.1. The molecule has 0 saturated carbocycles. The topological polar surface area (TPSA) is 54.5 Å². The van der Waals surface area contributed by atoms with Crippen molar-refractivity contribution in [1.82, 2.24) is 9.88 Å². The normalized spacial score (nSPS) is 14.8. The van der Waals surface area contributed by atoms with Crippen LogP contribution >= 0.6 is 11.6 Å². The number of amides is 1. The Morgan fingerprint density at radius 2 is 1.81 bits per heavy atom. The molecule has 4 rings (SSSR count). The Balaban J connectivity index is 1.45. The quantitative estimate of drug-likeness (QED) is 0.525. The summed E-state index contributed by atoms with van der Waals surface area (Å²) in [6, 6.07) is 19.1. The van der Waals surface area contributed by atoms with Crippen LogP contribution in [0.2, 0.25) is 5.02 Å². The number of nitrogens with zero attached hydrogens (tertiary/aromatic N) is 2. The second-order valence-electron chi connectivity index (χ2n) is 8.21. The number of methoxy groups -OCH3 is 1. The number of likely N-dealkylation sites (tertiary alicyclic amines) is 1. The number of rotatable bonds is 6. The number of hydrogen-bond acceptors (Lipinski definition) is 4. The predicted octanol–water partition coefficient (Wildman–Crippen LogP) is 5.68. The number of anilines is 1. The van der Waals surface area contributed by atoms with E-state index in [0.717, 1.165) is 65.9 Å². The number of aromatic nitrogens is 1. The van der Waals surface area contributed by atoms with Gasteiger partial charge in [0.15, 0.2) is 0 Å². The number of carbonyl (C=O) groups is 1. The van der Waals surface area contributed by atoms with E-state index in [2.05, 4.69) is 16.3 Å². The van der Waals surface area contributed by atoms with Crippen LogP contribution in [0.5, 0.6) is 5.75 Å². The molecular weight excluding hydrogens is 422 g/mol. The van der Waals surface area contributed by atoms with Gasteiger partial charge in [-0.3, -0.25) is 14.7 Å². The average Bonchev–Trinajstić information content (AvgIpc) is 2.81. The monoisotopic (exact) mass is 449 g/mol. The fourth-order valence-electron chi connectivity index (χ4n) is 4.18. The van der Waals surface area contributed by atoms with Crippen LogP contribution in [0.15, 0.2) is 60.7 Å². The first kappa shape index (κ1) is 22.3. The van der Waals surface area contributed by atoms with Gasteiger partial charge in [0.2, 0.25) is 0 Å². The number of halogens is 1. The molecule has 32 heavy (non-hydrogen) atoms. The number of pyridine rings is 1. The lowest BCUT2D eigenvalue weighted by atomic mass is 9.89. The summed E-state index contributed by atoms with van der Waals surface area (Å²) in [5.74, 6) is 0.884. The van der Waals surface area contributed by atoms with Crippen molar-refractivity contribution in [2.45, 2.75) is 32.2 Å². The lowest BCUT2D eigenvalue weighted by Gasteiger charge is -2.32. The van der Waals surface area contributed by atoms with Crippen molar-refractivity contribution in [3.63, 3.8) is 0 Å². The number of ether oxygens (including phenoxy) is 1. The zero-order chi connectivity index (χ0) is 22.5. The van der Waals surface area contributed by atoms with Crippen LogP contribution in [0.1, 0.15) is 46.1 Å². The van der Waals surface area contributed by atoms with Gasteiger partial charge in [0.05, 0.1) is 18.4 Å². The van der Waals surface area contributed by atoms with Crippen LogP contribution in [0.3, 0.4) is 0 Å². The molecule has 0 radical (unpaired) electrons. The van der Waals surface area contributed by atoms with Crippen LogP contribution in [0, 0.1) is 6.92 Å². The molecule has 1 fully saturated rings. The van der Waals surface area contributed by atoms with Crippen molar-refractivity contribution < 1.29 is 9.53 Å². The summed E-state index contributed by atoms with van der Waals surface area (Å²) in [6.07, 6.45) is 1.92. The van der Waals surface area contributed by atoms with Crippen molar-refractivity contribution in [3.05, 3.63) is 88.2 Å². The van der Waals surface area contributed by atoms with Gasteiger partial charge >= 0.3 is 0 Å². The average molecular weight is 450 g/mol. The van der Waals surface area contributed by atoms with Gasteiger partial charge in [0, 0.05) is 28.9 Å². The maximum Gasteiger partial charge on any atom is 0.257 e. The first-order valence-corrected chi connectivity index (χ1v) is 11.3. The molecule has 0 atom stereocenters. The fraction of sp³-hybridized carbons (Fsp3) is 0.308. The molecular formula is C26H28ClN3O2. The van der Waals surface area contributed by atoms with Gasteiger partial charge in [-0.15, -0.1) is 0 Å². The standard InChI is InChI=1S/C26H28ClN3O2/c1-18-7-12-23(26(31)29-21-8-10-22(32-2)11-9-21)25(28-18)19-13-15-30(16-14-19)17-20-5-3-4-6-24(20)27/h3-12,19H,13-17H2,1-2H3,(H,29,31). The first-order chi connectivity index (χ1) is 15.5. The van der Waals surface area contributed by atoms with Gasteiger partial charge in [0.25, 0.3) is 5.91 Å². The highest BCUT2D eigenvalue weighted by molar-refractivity contribution is 6.31. The van der Waals surface area contributed by atoms with Crippen LogP contribution < -0.4 is 10.1 Å². The molecule has 1 amide bonds. The fourth-order valence-corrected chi connectivity index (χ4v) is 4.38. The molecule has 6 heteroatoms. The van der Waals surface area contributed by atoms with Gasteiger partial charge < -0.3 is 10.1 Å². The van der Waals surface area contributed by atoms with Crippen LogP contribution in [-0.4, -0.2) is 36.0 Å². The van der Waals surface area contributed by atoms with Crippen LogP contribution in [0.25, 0.3) is 0 Å². The molecule has 0 spiro atoms. The number of piperidine rings is 1. The predicted molar refractivity (Wildman–Crippen MR) is 129 cm³/mol. The Hall–Kier alpha value is -2.89. The zero-order valence-electron chi connectivity index (χ0n) is 18.5. The highest BCUT2D eigenvalue weighted by atomic mass is 35.5. The van der Waals surface area contributed by atoms with Crippen molar-refractivity contribution in [2.24, 2.45) is 0 Å². The van der Waals surface area contributed by atoms with Gasteiger partial charge in [-0.05, 0) is 80.9 Å². The van der Waals surface area contributed by atoms with Gasteiger partial charge in [-0.2, -0.15) is 0 Å². The summed E-state index contributed by atoms with van der Waals surface area (Å²) in [5, 5.41) is 3.81. The second kappa shape index (κ2) is 10.2. The lowest BCUT2D eigenvalue weighted by molar-refractivity contribution is 0.102. The van der Waals surface area contributed by atoms with E-state index in [9.17, 15) is 4.79 Å². The zero-order valence-corrected chi connectivity index (χ0v) is 19.2. The molecule has 0 bridgehead atoms. The number of benzene rings is 2. The summed E-state index contributed by atoms with van der Waals surface area (Å²) in [4.78, 5) is 20.3. The Bertz CT molecular complexity index is 1080. The van der Waals surface area contributed by atoms with Crippen molar-refractivity contribution in [3.8, 4) is 5.75 Å². The Labute approximate surface area is 194 Å². The van der Waals surface area contributed by atoms with Crippen molar-refractivity contribution in [2.75, 3.05) is 25.5 Å². The first-order valence-electron chi connectivity index (χ1n) is 10.9. The molecule has 2 aromatic carbocycles. The minimum atomic E-state index is -0.129. The highest BCUT2D eigenvalue weighted by Crippen LogP contribution is 2.31. The number of carbonyl (C=O) groups excluding carboxylic acids is 1. The molecule has 2 heterocycles. The highest BCUT2D eigenvalue weighted by Gasteiger charge is 2.26. The van der Waals surface area contributed by atoms with E-state index in [1.54, 1.807) is 7.11 Å². The molecule has 5 nitrogen and oxygen atoms in total. The van der Waals surface area contributed by atoms with Gasteiger partial charge in [-0.1, -0.05) is 29.8 Å². The van der Waals surface area contributed by atoms with Crippen LogP contribution in [0.4, 0.5) is 5.69 Å². The second-order valence-corrected chi connectivity index (χ2v) is 8.62. The van der Waals surface area contributed by atoms with E-state index in [-0.39, 0.29) is 11.8 Å². The summed E-state index contributed by atoms with van der Waals surface area (Å²) < 4.78 is 5.19. The summed E-state index contributed by atoms with van der Waals surface area (Å²) in [6.45, 7) is 4.72. The summed E-state index contributed by atoms with van der Waals surface area (Å²) in [7, 11) is 1.62. The lowest BCUT2D eigenvalue weighted by Crippen LogP contribution is -2.33. The molecule has 1 aromatic heterocycles. The van der Waals surface area contributed by atoms with Crippen molar-refractivity contribution >= 4 is 23.2 Å². The molecule has 1 saturated heterocycles. The van der Waals surface area contributed by atoms with E-state index in [4.69, 9.17) is 21.3 Å². The summed E-state index contributed by atoms with van der Waals surface area (Å²) in [5.41, 5.74) is 4.36.